The molecule has 0 saturated carbocycles. The van der Waals surface area contributed by atoms with Gasteiger partial charge in [-0.15, -0.1) is 0 Å². The van der Waals surface area contributed by atoms with E-state index in [9.17, 15) is 8.78 Å². The molecule has 1 atom stereocenters. The maximum Gasteiger partial charge on any atom is 0.166 e. The zero-order chi connectivity index (χ0) is 19.7. The average molecular weight is 382 g/mol. The molecule has 0 unspecified atom stereocenters. The van der Waals surface area contributed by atoms with Gasteiger partial charge in [0.2, 0.25) is 0 Å². The molecule has 0 radical (unpaired) electrons. The summed E-state index contributed by atoms with van der Waals surface area (Å²) in [5.74, 6) is 0.109. The first-order chi connectivity index (χ1) is 13.6. The molecule has 0 aliphatic carbocycles. The first kappa shape index (κ1) is 18.6. The van der Waals surface area contributed by atoms with Crippen molar-refractivity contribution in [2.24, 2.45) is 0 Å². The SMILES string of the molecule is CCCCCNc1c(F)cnc2ccc(N3Cc4ccc(F)cc4[C@H]3C)nc12. The lowest BCUT2D eigenvalue weighted by atomic mass is 10.1. The molecule has 146 valence electrons. The van der Waals surface area contributed by atoms with Crippen LogP contribution in [0.3, 0.4) is 0 Å². The van der Waals surface area contributed by atoms with Crippen LogP contribution in [0.2, 0.25) is 0 Å². The summed E-state index contributed by atoms with van der Waals surface area (Å²) >= 11 is 0. The molecule has 0 bridgehead atoms. The van der Waals surface area contributed by atoms with Gasteiger partial charge in [0.05, 0.1) is 17.8 Å². The fourth-order valence-electron chi connectivity index (χ4n) is 3.82. The first-order valence-electron chi connectivity index (χ1n) is 9.82. The molecule has 4 nitrogen and oxygen atoms in total. The molecule has 6 heteroatoms. The Hall–Kier alpha value is -2.76. The second kappa shape index (κ2) is 7.70. The number of benzene rings is 1. The molecule has 1 aromatic carbocycles. The Morgan fingerprint density at radius 3 is 2.86 bits per heavy atom. The zero-order valence-corrected chi connectivity index (χ0v) is 16.2. The number of hydrogen-bond donors (Lipinski definition) is 1. The number of halogens is 2. The van der Waals surface area contributed by atoms with Crippen molar-refractivity contribution in [3.63, 3.8) is 0 Å². The van der Waals surface area contributed by atoms with E-state index in [2.05, 4.69) is 22.1 Å². The maximum absolute atomic E-state index is 14.5. The van der Waals surface area contributed by atoms with Crippen LogP contribution in [0.1, 0.15) is 50.3 Å². The molecule has 1 aliphatic heterocycles. The third-order valence-electron chi connectivity index (χ3n) is 5.39. The Morgan fingerprint density at radius 2 is 2.04 bits per heavy atom. The molecule has 0 fully saturated rings. The van der Waals surface area contributed by atoms with Crippen LogP contribution in [-0.4, -0.2) is 16.5 Å². The molecule has 3 aromatic rings. The number of pyridine rings is 2. The summed E-state index contributed by atoms with van der Waals surface area (Å²) < 4.78 is 28.1. The maximum atomic E-state index is 14.5. The molecule has 4 rings (SSSR count). The number of hydrogen-bond acceptors (Lipinski definition) is 4. The lowest BCUT2D eigenvalue weighted by Gasteiger charge is -2.23. The van der Waals surface area contributed by atoms with Gasteiger partial charge in [-0.2, -0.15) is 0 Å². The normalized spacial score (nSPS) is 15.9. The Bertz CT molecular complexity index is 1010. The van der Waals surface area contributed by atoms with E-state index >= 15 is 0 Å². The smallest absolute Gasteiger partial charge is 0.166 e. The van der Waals surface area contributed by atoms with Crippen LogP contribution in [0.25, 0.3) is 11.0 Å². The van der Waals surface area contributed by atoms with Gasteiger partial charge in [-0.3, -0.25) is 4.98 Å². The molecular weight excluding hydrogens is 358 g/mol. The third-order valence-corrected chi connectivity index (χ3v) is 5.39. The standard InChI is InChI=1S/C22H24F2N4/c1-3-4-5-10-25-21-18(24)12-26-19-8-9-20(27-22(19)21)28-13-15-6-7-16(23)11-17(15)14(28)2/h6-9,11-12,14H,3-5,10,13H2,1-2H3,(H,25,26)/t14-/m1/s1. The fourth-order valence-corrected chi connectivity index (χ4v) is 3.82. The number of nitrogens with zero attached hydrogens (tertiary/aromatic N) is 3. The molecule has 1 N–H and O–H groups in total. The number of fused-ring (bicyclic) bond motifs is 2. The van der Waals surface area contributed by atoms with Gasteiger partial charge in [-0.1, -0.05) is 25.8 Å². The summed E-state index contributed by atoms with van der Waals surface area (Å²) in [6, 6.07) is 8.66. The van der Waals surface area contributed by atoms with Crippen molar-refractivity contribution in [1.29, 1.82) is 0 Å². The van der Waals surface area contributed by atoms with Crippen LogP contribution in [0.4, 0.5) is 20.3 Å². The third kappa shape index (κ3) is 3.39. The van der Waals surface area contributed by atoms with E-state index in [-0.39, 0.29) is 11.9 Å². The van der Waals surface area contributed by atoms with Crippen molar-refractivity contribution in [3.05, 3.63) is 59.3 Å². The van der Waals surface area contributed by atoms with Gasteiger partial charge >= 0.3 is 0 Å². The van der Waals surface area contributed by atoms with Crippen molar-refractivity contribution >= 4 is 22.5 Å². The van der Waals surface area contributed by atoms with E-state index in [0.717, 1.165) is 36.2 Å². The highest BCUT2D eigenvalue weighted by Gasteiger charge is 2.28. The van der Waals surface area contributed by atoms with Crippen molar-refractivity contribution in [2.75, 3.05) is 16.8 Å². The Labute approximate surface area is 163 Å². The van der Waals surface area contributed by atoms with Crippen LogP contribution < -0.4 is 10.2 Å². The largest absolute Gasteiger partial charge is 0.381 e. The van der Waals surface area contributed by atoms with Gasteiger partial charge in [0.25, 0.3) is 0 Å². The van der Waals surface area contributed by atoms with Crippen molar-refractivity contribution in [2.45, 2.75) is 45.7 Å². The summed E-state index contributed by atoms with van der Waals surface area (Å²) in [5, 5.41) is 3.20. The summed E-state index contributed by atoms with van der Waals surface area (Å²) in [6.07, 6.45) is 4.42. The van der Waals surface area contributed by atoms with Gasteiger partial charge in [-0.25, -0.2) is 13.8 Å². The van der Waals surface area contributed by atoms with Crippen LogP contribution in [-0.2, 0) is 6.54 Å². The van der Waals surface area contributed by atoms with Crippen molar-refractivity contribution in [1.82, 2.24) is 9.97 Å². The van der Waals surface area contributed by atoms with Crippen LogP contribution in [0.5, 0.6) is 0 Å². The summed E-state index contributed by atoms with van der Waals surface area (Å²) in [4.78, 5) is 11.0. The molecule has 0 spiro atoms. The number of aromatic nitrogens is 2. The van der Waals surface area contributed by atoms with E-state index in [1.807, 2.05) is 25.1 Å². The van der Waals surface area contributed by atoms with E-state index < -0.39 is 5.82 Å². The first-order valence-corrected chi connectivity index (χ1v) is 9.82. The lowest BCUT2D eigenvalue weighted by molar-refractivity contribution is 0.622. The molecule has 1 aliphatic rings. The zero-order valence-electron chi connectivity index (χ0n) is 16.2. The number of unbranched alkanes of at least 4 members (excludes halogenated alkanes) is 2. The van der Waals surface area contributed by atoms with Crippen LogP contribution >= 0.6 is 0 Å². The van der Waals surface area contributed by atoms with Crippen molar-refractivity contribution < 1.29 is 8.78 Å². The predicted molar refractivity (Wildman–Crippen MR) is 109 cm³/mol. The molecule has 28 heavy (non-hydrogen) atoms. The summed E-state index contributed by atoms with van der Waals surface area (Å²) in [5.41, 5.74) is 3.64. The topological polar surface area (TPSA) is 41.1 Å². The molecular formula is C22H24F2N4. The molecule has 0 amide bonds. The molecule has 2 aromatic heterocycles. The van der Waals surface area contributed by atoms with Gasteiger partial charge in [0, 0.05) is 13.1 Å². The minimum atomic E-state index is -0.395. The Morgan fingerprint density at radius 1 is 1.18 bits per heavy atom. The molecule has 3 heterocycles. The second-order valence-corrected chi connectivity index (χ2v) is 7.30. The summed E-state index contributed by atoms with van der Waals surface area (Å²) in [7, 11) is 0. The van der Waals surface area contributed by atoms with E-state index in [1.54, 1.807) is 6.07 Å². The van der Waals surface area contributed by atoms with Crippen LogP contribution in [0, 0.1) is 11.6 Å². The average Bonchev–Trinajstić information content (AvgIpc) is 3.02. The van der Waals surface area contributed by atoms with Gasteiger partial charge < -0.3 is 10.2 Å². The minimum Gasteiger partial charge on any atom is -0.381 e. The number of rotatable bonds is 6. The van der Waals surface area contributed by atoms with Gasteiger partial charge in [0.1, 0.15) is 22.8 Å². The van der Waals surface area contributed by atoms with E-state index in [1.165, 1.54) is 12.3 Å². The van der Waals surface area contributed by atoms with Gasteiger partial charge in [-0.05, 0) is 48.7 Å². The highest BCUT2D eigenvalue weighted by molar-refractivity contribution is 5.89. The van der Waals surface area contributed by atoms with Crippen LogP contribution in [0.15, 0.2) is 36.5 Å². The second-order valence-electron chi connectivity index (χ2n) is 7.30. The predicted octanol–water partition coefficient (Wildman–Crippen LogP) is 5.59. The van der Waals surface area contributed by atoms with Gasteiger partial charge in [0.15, 0.2) is 5.82 Å². The number of nitrogens with one attached hydrogen (secondary N) is 1. The quantitative estimate of drug-likeness (QED) is 0.564. The monoisotopic (exact) mass is 382 g/mol. The molecule has 0 saturated heterocycles. The fraction of sp³-hybridized carbons (Fsp3) is 0.364. The highest BCUT2D eigenvalue weighted by atomic mass is 19.1. The lowest BCUT2D eigenvalue weighted by Crippen LogP contribution is -2.20. The van der Waals surface area contributed by atoms with Crippen molar-refractivity contribution in [3.8, 4) is 0 Å². The summed E-state index contributed by atoms with van der Waals surface area (Å²) in [6.45, 7) is 5.51. The van der Waals surface area contributed by atoms with E-state index in [0.29, 0.717) is 29.8 Å². The Kier molecular flexibility index (Phi) is 5.11. The minimum absolute atomic E-state index is 0.00173. The van der Waals surface area contributed by atoms with E-state index in [4.69, 9.17) is 4.98 Å². The Balaban J connectivity index is 1.67. The highest BCUT2D eigenvalue weighted by Crippen LogP contribution is 2.37. The number of anilines is 2.